The predicted molar refractivity (Wildman–Crippen MR) is 96.9 cm³/mol. The lowest BCUT2D eigenvalue weighted by Crippen LogP contribution is -2.31. The van der Waals surface area contributed by atoms with Gasteiger partial charge in [-0.25, -0.2) is 4.98 Å². The van der Waals surface area contributed by atoms with Crippen LogP contribution in [0.15, 0.2) is 61.1 Å². The maximum Gasteiger partial charge on any atom is 0.251 e. The van der Waals surface area contributed by atoms with Crippen molar-refractivity contribution >= 4 is 16.8 Å². The lowest BCUT2D eigenvalue weighted by atomic mass is 9.99. The Balaban J connectivity index is 1.68. The molecule has 2 N–H and O–H groups in total. The van der Waals surface area contributed by atoms with E-state index in [4.69, 9.17) is 0 Å². The highest BCUT2D eigenvalue weighted by molar-refractivity contribution is 5.97. The molecule has 1 amide bonds. The number of amides is 1. The Morgan fingerprint density at radius 1 is 1.08 bits per heavy atom. The molecule has 0 aliphatic carbocycles. The molecule has 0 bridgehead atoms. The number of rotatable bonds is 2. The molecule has 0 saturated heterocycles. The van der Waals surface area contributed by atoms with E-state index in [0.717, 1.165) is 45.5 Å². The summed E-state index contributed by atoms with van der Waals surface area (Å²) < 4.78 is 2.03. The first-order chi connectivity index (χ1) is 12.3. The van der Waals surface area contributed by atoms with Gasteiger partial charge in [0.25, 0.3) is 5.91 Å². The van der Waals surface area contributed by atoms with Crippen LogP contribution in [0, 0.1) is 0 Å². The molecule has 0 radical (unpaired) electrons. The van der Waals surface area contributed by atoms with Gasteiger partial charge < -0.3 is 10.3 Å². The highest BCUT2D eigenvalue weighted by Crippen LogP contribution is 2.29. The maximum atomic E-state index is 12.2. The largest absolute Gasteiger partial charge is 0.361 e. The number of fused-ring (bicyclic) bond motifs is 2. The van der Waals surface area contributed by atoms with Crippen LogP contribution >= 0.6 is 0 Å². The van der Waals surface area contributed by atoms with Crippen LogP contribution in [0.3, 0.4) is 0 Å². The molecule has 3 heterocycles. The second-order valence-electron chi connectivity index (χ2n) is 6.21. The van der Waals surface area contributed by atoms with Crippen molar-refractivity contribution in [3.63, 3.8) is 0 Å². The predicted octanol–water partition coefficient (Wildman–Crippen LogP) is 3.31. The first-order valence-corrected chi connectivity index (χ1v) is 8.32. The van der Waals surface area contributed by atoms with E-state index in [9.17, 15) is 4.79 Å². The van der Waals surface area contributed by atoms with Crippen LogP contribution in [0.1, 0.15) is 15.9 Å². The van der Waals surface area contributed by atoms with Gasteiger partial charge in [0.05, 0.1) is 0 Å². The van der Waals surface area contributed by atoms with Crippen molar-refractivity contribution in [2.75, 3.05) is 6.54 Å². The Morgan fingerprint density at radius 3 is 3.00 bits per heavy atom. The third-order valence-corrected chi connectivity index (χ3v) is 4.77. The molecule has 0 saturated carbocycles. The van der Waals surface area contributed by atoms with E-state index in [-0.39, 0.29) is 5.91 Å². The van der Waals surface area contributed by atoms with Crippen LogP contribution in [0.2, 0.25) is 0 Å². The van der Waals surface area contributed by atoms with E-state index in [1.807, 2.05) is 35.2 Å². The smallest absolute Gasteiger partial charge is 0.251 e. The number of hydrogen-bond acceptors (Lipinski definition) is 2. The Kier molecular flexibility index (Phi) is 3.00. The fourth-order valence-corrected chi connectivity index (χ4v) is 3.54. The first-order valence-electron chi connectivity index (χ1n) is 8.32. The number of H-pyrrole nitrogens is 1. The standard InChI is InChI=1S/C20H16N4O/c25-20-17-12-14(5-4-13(17)6-8-23-20)24-11-10-22-19(24)16-2-1-3-18-15(16)7-9-21-18/h1-5,7,9-12,21H,6,8H2,(H,23,25). The van der Waals surface area contributed by atoms with Crippen molar-refractivity contribution in [3.05, 3.63) is 72.2 Å². The van der Waals surface area contributed by atoms with Crippen molar-refractivity contribution in [3.8, 4) is 17.1 Å². The summed E-state index contributed by atoms with van der Waals surface area (Å²) in [5, 5.41) is 4.04. The molecule has 5 nitrogen and oxygen atoms in total. The van der Waals surface area contributed by atoms with Crippen molar-refractivity contribution in [2.45, 2.75) is 6.42 Å². The van der Waals surface area contributed by atoms with E-state index in [1.165, 1.54) is 0 Å². The number of benzene rings is 2. The van der Waals surface area contributed by atoms with Crippen LogP contribution in [0.25, 0.3) is 28.0 Å². The zero-order valence-electron chi connectivity index (χ0n) is 13.5. The third kappa shape index (κ3) is 2.16. The summed E-state index contributed by atoms with van der Waals surface area (Å²) in [6.07, 6.45) is 6.54. The summed E-state index contributed by atoms with van der Waals surface area (Å²) in [6.45, 7) is 0.705. The van der Waals surface area contributed by atoms with Crippen LogP contribution in [0.5, 0.6) is 0 Å². The number of nitrogens with zero attached hydrogens (tertiary/aromatic N) is 2. The van der Waals surface area contributed by atoms with Crippen LogP contribution in [-0.4, -0.2) is 27.0 Å². The van der Waals surface area contributed by atoms with E-state index in [1.54, 1.807) is 6.20 Å². The normalized spacial score (nSPS) is 13.7. The minimum absolute atomic E-state index is 0.00231. The van der Waals surface area contributed by atoms with E-state index in [0.29, 0.717) is 6.54 Å². The van der Waals surface area contributed by atoms with E-state index < -0.39 is 0 Å². The Labute approximate surface area is 144 Å². The van der Waals surface area contributed by atoms with Gasteiger partial charge in [0.15, 0.2) is 0 Å². The van der Waals surface area contributed by atoms with Gasteiger partial charge in [0, 0.05) is 52.9 Å². The van der Waals surface area contributed by atoms with Gasteiger partial charge in [-0.2, -0.15) is 0 Å². The van der Waals surface area contributed by atoms with Gasteiger partial charge >= 0.3 is 0 Å². The second kappa shape index (κ2) is 5.34. The Hall–Kier alpha value is -3.34. The maximum absolute atomic E-state index is 12.2. The number of carbonyl (C=O) groups excluding carboxylic acids is 1. The molecular weight excluding hydrogens is 312 g/mol. The van der Waals surface area contributed by atoms with Gasteiger partial charge in [-0.15, -0.1) is 0 Å². The third-order valence-electron chi connectivity index (χ3n) is 4.77. The van der Waals surface area contributed by atoms with Gasteiger partial charge in [0.1, 0.15) is 5.82 Å². The zero-order chi connectivity index (χ0) is 16.8. The Bertz CT molecular complexity index is 1110. The molecule has 5 rings (SSSR count). The highest BCUT2D eigenvalue weighted by atomic mass is 16.1. The molecule has 1 aliphatic heterocycles. The van der Waals surface area contributed by atoms with Crippen molar-refractivity contribution in [1.82, 2.24) is 19.9 Å². The monoisotopic (exact) mass is 328 g/mol. The number of carbonyl (C=O) groups is 1. The summed E-state index contributed by atoms with van der Waals surface area (Å²) in [5.41, 5.74) is 4.93. The minimum Gasteiger partial charge on any atom is -0.361 e. The number of imidazole rings is 1. The zero-order valence-corrected chi connectivity index (χ0v) is 13.5. The van der Waals surface area contributed by atoms with E-state index >= 15 is 0 Å². The minimum atomic E-state index is -0.00231. The quantitative estimate of drug-likeness (QED) is 0.593. The second-order valence-corrected chi connectivity index (χ2v) is 6.21. The molecule has 0 spiro atoms. The summed E-state index contributed by atoms with van der Waals surface area (Å²) in [4.78, 5) is 20.0. The number of nitrogens with one attached hydrogen (secondary N) is 2. The summed E-state index contributed by atoms with van der Waals surface area (Å²) in [5.74, 6) is 0.860. The van der Waals surface area contributed by atoms with Crippen LogP contribution in [-0.2, 0) is 6.42 Å². The summed E-state index contributed by atoms with van der Waals surface area (Å²) >= 11 is 0. The average molecular weight is 328 g/mol. The number of aromatic nitrogens is 3. The van der Waals surface area contributed by atoms with Crippen LogP contribution in [0.4, 0.5) is 0 Å². The molecule has 0 atom stereocenters. The lowest BCUT2D eigenvalue weighted by Gasteiger charge is -2.18. The molecule has 4 aromatic rings. The van der Waals surface area contributed by atoms with Gasteiger partial charge in [-0.1, -0.05) is 18.2 Å². The molecule has 122 valence electrons. The topological polar surface area (TPSA) is 62.7 Å². The SMILES string of the molecule is O=C1NCCc2ccc(-n3ccnc3-c3cccc4[nH]ccc34)cc21. The van der Waals surface area contributed by atoms with Gasteiger partial charge in [-0.05, 0) is 36.2 Å². The van der Waals surface area contributed by atoms with Gasteiger partial charge in [-0.3, -0.25) is 9.36 Å². The fraction of sp³-hybridized carbons (Fsp3) is 0.100. The lowest BCUT2D eigenvalue weighted by molar-refractivity contribution is 0.0946. The molecule has 5 heteroatoms. The van der Waals surface area contributed by atoms with Crippen molar-refractivity contribution in [2.24, 2.45) is 0 Å². The molecule has 0 unspecified atom stereocenters. The van der Waals surface area contributed by atoms with E-state index in [2.05, 4.69) is 39.6 Å². The first kappa shape index (κ1) is 14.0. The number of hydrogen-bond donors (Lipinski definition) is 2. The molecule has 2 aromatic heterocycles. The number of aromatic amines is 1. The fourth-order valence-electron chi connectivity index (χ4n) is 3.54. The molecule has 1 aliphatic rings. The average Bonchev–Trinajstić information content (AvgIpc) is 3.31. The molecule has 0 fully saturated rings. The van der Waals surface area contributed by atoms with Crippen molar-refractivity contribution in [1.29, 1.82) is 0 Å². The molecule has 2 aromatic carbocycles. The van der Waals surface area contributed by atoms with Crippen LogP contribution < -0.4 is 5.32 Å². The summed E-state index contributed by atoms with van der Waals surface area (Å²) in [6, 6.07) is 14.3. The Morgan fingerprint density at radius 2 is 2.04 bits per heavy atom. The molecular formula is C20H16N4O. The molecule has 25 heavy (non-hydrogen) atoms. The summed E-state index contributed by atoms with van der Waals surface area (Å²) in [7, 11) is 0. The highest BCUT2D eigenvalue weighted by Gasteiger charge is 2.18. The van der Waals surface area contributed by atoms with Gasteiger partial charge in [0.2, 0.25) is 0 Å². The van der Waals surface area contributed by atoms with Crippen molar-refractivity contribution < 1.29 is 4.79 Å².